The number of rotatable bonds is 5. The van der Waals surface area contributed by atoms with Gasteiger partial charge in [0.2, 0.25) is 0 Å². The second kappa shape index (κ2) is 8.48. The van der Waals surface area contributed by atoms with E-state index in [4.69, 9.17) is 5.26 Å². The molecule has 4 fully saturated rings. The summed E-state index contributed by atoms with van der Waals surface area (Å²) in [6.45, 7) is 11.1. The zero-order valence-corrected chi connectivity index (χ0v) is 21.0. The Labute approximate surface area is 196 Å². The Bertz CT molecular complexity index is 851. The van der Waals surface area contributed by atoms with Crippen molar-refractivity contribution in [3.05, 3.63) is 18.0 Å². The average Bonchev–Trinajstić information content (AvgIpc) is 3.36. The molecular formula is C29H45N3. The lowest BCUT2D eigenvalue weighted by Crippen LogP contribution is -2.52. The lowest BCUT2D eigenvalue weighted by atomic mass is 9.45. The van der Waals surface area contributed by atoms with Crippen LogP contribution in [0.1, 0.15) is 104 Å². The quantitative estimate of drug-likeness (QED) is 0.481. The fraction of sp³-hybridized carbons (Fsp3) is 0.862. The normalized spacial score (nSPS) is 44.2. The molecule has 1 aromatic rings. The van der Waals surface area contributed by atoms with E-state index in [9.17, 15) is 0 Å². The fourth-order valence-corrected chi connectivity index (χ4v) is 10.00. The molecule has 4 aliphatic rings. The summed E-state index contributed by atoms with van der Waals surface area (Å²) in [5.74, 6) is 6.38. The van der Waals surface area contributed by atoms with Gasteiger partial charge < -0.3 is 0 Å². The minimum absolute atomic E-state index is 0.513. The van der Waals surface area contributed by atoms with Gasteiger partial charge in [-0.2, -0.15) is 10.4 Å². The number of hydrogen-bond donors (Lipinski definition) is 0. The summed E-state index contributed by atoms with van der Waals surface area (Å²) in [5.41, 5.74) is 1.84. The van der Waals surface area contributed by atoms with Crippen LogP contribution < -0.4 is 0 Å². The van der Waals surface area contributed by atoms with E-state index < -0.39 is 0 Å². The summed E-state index contributed by atoms with van der Waals surface area (Å²) in [6, 6.07) is 2.23. The van der Waals surface area contributed by atoms with Crippen LogP contribution in [0, 0.1) is 63.6 Å². The van der Waals surface area contributed by atoms with E-state index in [1.165, 1.54) is 70.6 Å². The van der Waals surface area contributed by atoms with Gasteiger partial charge in [0.1, 0.15) is 6.07 Å². The average molecular weight is 436 g/mol. The summed E-state index contributed by atoms with van der Waals surface area (Å²) < 4.78 is 2.02. The van der Waals surface area contributed by atoms with Crippen LogP contribution in [0.4, 0.5) is 0 Å². The van der Waals surface area contributed by atoms with Gasteiger partial charge in [0.15, 0.2) is 0 Å². The molecule has 4 saturated carbocycles. The van der Waals surface area contributed by atoms with Gasteiger partial charge in [0, 0.05) is 12.7 Å². The Balaban J connectivity index is 1.29. The Morgan fingerprint density at radius 2 is 1.84 bits per heavy atom. The third-order valence-electron chi connectivity index (χ3n) is 11.3. The van der Waals surface area contributed by atoms with Crippen LogP contribution in [0.25, 0.3) is 0 Å². The van der Waals surface area contributed by atoms with Gasteiger partial charge in [0.05, 0.1) is 11.8 Å². The maximum absolute atomic E-state index is 9.14. The standard InChI is InChI=1S/C29H45N3/c1-5-6-21-7-8-26-23-12-14-29(4)25(20(2)18-32-19-22(16-30)17-31-32)9-10-27(29)24(23)11-13-28(26,3)15-21/h17,19-21,23-27H,5-15,18H2,1-4H3/t20?,21?,23?,24?,25?,26?,27?,28-,29?/m1/s1. The van der Waals surface area contributed by atoms with E-state index >= 15 is 0 Å². The van der Waals surface area contributed by atoms with Gasteiger partial charge >= 0.3 is 0 Å². The minimum atomic E-state index is 0.513. The number of fused-ring (bicyclic) bond motifs is 5. The van der Waals surface area contributed by atoms with Gasteiger partial charge in [-0.3, -0.25) is 4.68 Å². The molecule has 0 saturated heterocycles. The van der Waals surface area contributed by atoms with Crippen LogP contribution >= 0.6 is 0 Å². The summed E-state index contributed by atoms with van der Waals surface area (Å²) >= 11 is 0. The van der Waals surface area contributed by atoms with Gasteiger partial charge in [-0.25, -0.2) is 0 Å². The summed E-state index contributed by atoms with van der Waals surface area (Å²) in [4.78, 5) is 0. The first-order chi connectivity index (χ1) is 15.4. The van der Waals surface area contributed by atoms with Crippen molar-refractivity contribution in [2.45, 2.75) is 105 Å². The van der Waals surface area contributed by atoms with Crippen LogP contribution in [-0.2, 0) is 6.54 Å². The van der Waals surface area contributed by atoms with Crippen LogP contribution in [0.15, 0.2) is 12.4 Å². The third kappa shape index (κ3) is 3.65. The molecule has 8 unspecified atom stereocenters. The van der Waals surface area contributed by atoms with Crippen molar-refractivity contribution in [3.8, 4) is 6.07 Å². The van der Waals surface area contributed by atoms with E-state index in [0.717, 1.165) is 42.1 Å². The third-order valence-corrected chi connectivity index (χ3v) is 11.3. The molecule has 9 atom stereocenters. The molecule has 3 nitrogen and oxygen atoms in total. The molecule has 0 aromatic carbocycles. The van der Waals surface area contributed by atoms with Crippen molar-refractivity contribution in [1.29, 1.82) is 5.26 Å². The molecule has 0 aliphatic heterocycles. The second-order valence-electron chi connectivity index (χ2n) is 12.9. The SMILES string of the molecule is CCCC1CCC2C3CCC4(C)C(C(C)Cn5cc(C#N)cn5)CCC4C3CC[C@]2(C)C1. The largest absolute Gasteiger partial charge is 0.271 e. The molecule has 0 N–H and O–H groups in total. The van der Waals surface area contributed by atoms with E-state index in [2.05, 4.69) is 38.9 Å². The molecule has 0 spiro atoms. The van der Waals surface area contributed by atoms with Gasteiger partial charge in [0.25, 0.3) is 0 Å². The first-order valence-corrected chi connectivity index (χ1v) is 13.8. The number of nitrogens with zero attached hydrogens (tertiary/aromatic N) is 3. The molecule has 5 rings (SSSR count). The molecule has 32 heavy (non-hydrogen) atoms. The summed E-state index contributed by atoms with van der Waals surface area (Å²) in [5, 5.41) is 13.6. The van der Waals surface area contributed by atoms with Crippen molar-refractivity contribution in [2.75, 3.05) is 0 Å². The fourth-order valence-electron chi connectivity index (χ4n) is 10.00. The van der Waals surface area contributed by atoms with Crippen molar-refractivity contribution in [1.82, 2.24) is 9.78 Å². The van der Waals surface area contributed by atoms with Crippen LogP contribution in [0.2, 0.25) is 0 Å². The van der Waals surface area contributed by atoms with Crippen molar-refractivity contribution in [3.63, 3.8) is 0 Å². The van der Waals surface area contributed by atoms with E-state index in [1.807, 2.05) is 10.9 Å². The highest BCUT2D eigenvalue weighted by Crippen LogP contribution is 2.67. The molecule has 0 radical (unpaired) electrons. The highest BCUT2D eigenvalue weighted by molar-refractivity contribution is 5.21. The Hall–Kier alpha value is -1.30. The highest BCUT2D eigenvalue weighted by atomic mass is 15.3. The molecule has 0 bridgehead atoms. The molecule has 0 amide bonds. The Morgan fingerprint density at radius 3 is 2.59 bits per heavy atom. The maximum atomic E-state index is 9.14. The smallest absolute Gasteiger partial charge is 0.102 e. The Kier molecular flexibility index (Phi) is 5.96. The first-order valence-electron chi connectivity index (χ1n) is 13.8. The molecule has 1 heterocycles. The second-order valence-corrected chi connectivity index (χ2v) is 12.9. The molecular weight excluding hydrogens is 390 g/mol. The predicted octanol–water partition coefficient (Wildman–Crippen LogP) is 7.47. The Morgan fingerprint density at radius 1 is 1.09 bits per heavy atom. The molecule has 1 aromatic heterocycles. The number of aromatic nitrogens is 2. The molecule has 3 heteroatoms. The molecule has 4 aliphatic carbocycles. The van der Waals surface area contributed by atoms with Crippen molar-refractivity contribution >= 4 is 0 Å². The molecule has 176 valence electrons. The zero-order chi connectivity index (χ0) is 22.5. The van der Waals surface area contributed by atoms with Crippen LogP contribution in [-0.4, -0.2) is 9.78 Å². The first kappa shape index (κ1) is 22.5. The maximum Gasteiger partial charge on any atom is 0.102 e. The topological polar surface area (TPSA) is 41.6 Å². The highest BCUT2D eigenvalue weighted by Gasteiger charge is 2.59. The van der Waals surface area contributed by atoms with Gasteiger partial charge in [-0.05, 0) is 104 Å². The van der Waals surface area contributed by atoms with Gasteiger partial charge in [-0.15, -0.1) is 0 Å². The number of nitriles is 1. The van der Waals surface area contributed by atoms with Crippen LogP contribution in [0.5, 0.6) is 0 Å². The van der Waals surface area contributed by atoms with Crippen molar-refractivity contribution < 1.29 is 0 Å². The summed E-state index contributed by atoms with van der Waals surface area (Å²) in [6.07, 6.45) is 19.8. The van der Waals surface area contributed by atoms with Crippen molar-refractivity contribution in [2.24, 2.45) is 52.3 Å². The zero-order valence-electron chi connectivity index (χ0n) is 21.0. The van der Waals surface area contributed by atoms with E-state index in [1.54, 1.807) is 6.20 Å². The lowest BCUT2D eigenvalue weighted by Gasteiger charge is -2.60. The minimum Gasteiger partial charge on any atom is -0.271 e. The van der Waals surface area contributed by atoms with E-state index in [-0.39, 0.29) is 0 Å². The number of hydrogen-bond acceptors (Lipinski definition) is 2. The van der Waals surface area contributed by atoms with Crippen LogP contribution in [0.3, 0.4) is 0 Å². The monoisotopic (exact) mass is 435 g/mol. The predicted molar refractivity (Wildman–Crippen MR) is 130 cm³/mol. The van der Waals surface area contributed by atoms with E-state index in [0.29, 0.717) is 22.3 Å². The lowest BCUT2D eigenvalue weighted by molar-refractivity contribution is -0.108. The summed E-state index contributed by atoms with van der Waals surface area (Å²) in [7, 11) is 0. The van der Waals surface area contributed by atoms with Gasteiger partial charge in [-0.1, -0.05) is 47.0 Å².